The third kappa shape index (κ3) is 5.00. The van der Waals surface area contributed by atoms with Gasteiger partial charge in [0.25, 0.3) is 0 Å². The van der Waals surface area contributed by atoms with Crippen LogP contribution in [0.25, 0.3) is 0 Å². The molecule has 0 aliphatic rings. The number of hydrogen-bond donors (Lipinski definition) is 1. The number of carboxylic acids is 1. The molecule has 1 atom stereocenters. The van der Waals surface area contributed by atoms with Gasteiger partial charge in [0.05, 0.1) is 5.92 Å². The molecule has 0 radical (unpaired) electrons. The Hall–Kier alpha value is -1.35. The molecule has 0 bridgehead atoms. The summed E-state index contributed by atoms with van der Waals surface area (Å²) >= 11 is 0. The summed E-state index contributed by atoms with van der Waals surface area (Å²) in [5.74, 6) is -1.03. The molecule has 17 heavy (non-hydrogen) atoms. The van der Waals surface area contributed by atoms with E-state index in [1.54, 1.807) is 7.11 Å². The number of carbonyl (C=O) groups is 1. The van der Waals surface area contributed by atoms with Crippen molar-refractivity contribution in [1.82, 2.24) is 0 Å². The van der Waals surface area contributed by atoms with Gasteiger partial charge in [0.15, 0.2) is 0 Å². The smallest absolute Gasteiger partial charge is 0.306 e. The van der Waals surface area contributed by atoms with Crippen LogP contribution < -0.4 is 0 Å². The van der Waals surface area contributed by atoms with Crippen LogP contribution >= 0.6 is 0 Å². The number of rotatable bonds is 7. The van der Waals surface area contributed by atoms with Crippen LogP contribution in [0.1, 0.15) is 24.0 Å². The summed E-state index contributed by atoms with van der Waals surface area (Å²) in [5.41, 5.74) is 2.28. The Morgan fingerprint density at radius 3 is 2.53 bits per heavy atom. The normalized spacial score (nSPS) is 12.4. The molecular weight excluding hydrogens is 216 g/mol. The lowest BCUT2D eigenvalue weighted by atomic mass is 9.94. The van der Waals surface area contributed by atoms with Gasteiger partial charge < -0.3 is 9.84 Å². The van der Waals surface area contributed by atoms with Gasteiger partial charge in [0, 0.05) is 13.7 Å². The van der Waals surface area contributed by atoms with Crippen LogP contribution in [0.4, 0.5) is 0 Å². The van der Waals surface area contributed by atoms with Gasteiger partial charge in [-0.25, -0.2) is 0 Å². The van der Waals surface area contributed by atoms with Crippen LogP contribution in [0.15, 0.2) is 24.3 Å². The second-order valence-electron chi connectivity index (χ2n) is 4.36. The zero-order valence-electron chi connectivity index (χ0n) is 10.5. The minimum absolute atomic E-state index is 0.312. The molecule has 0 saturated heterocycles. The van der Waals surface area contributed by atoms with E-state index >= 15 is 0 Å². The molecule has 0 spiro atoms. The maximum Gasteiger partial charge on any atom is 0.306 e. The molecule has 3 nitrogen and oxygen atoms in total. The Morgan fingerprint density at radius 1 is 1.35 bits per heavy atom. The fraction of sp³-hybridized carbons (Fsp3) is 0.500. The second kappa shape index (κ2) is 7.07. The van der Waals surface area contributed by atoms with Crippen molar-refractivity contribution in [2.75, 3.05) is 13.7 Å². The Balaban J connectivity index is 2.54. The maximum atomic E-state index is 11.1. The number of hydrogen-bond acceptors (Lipinski definition) is 2. The lowest BCUT2D eigenvalue weighted by molar-refractivity contribution is -0.142. The van der Waals surface area contributed by atoms with Gasteiger partial charge in [0.2, 0.25) is 0 Å². The minimum atomic E-state index is -0.721. The Kier molecular flexibility index (Phi) is 5.70. The Morgan fingerprint density at radius 2 is 2.00 bits per heavy atom. The molecule has 0 saturated carbocycles. The van der Waals surface area contributed by atoms with Crippen molar-refractivity contribution >= 4 is 5.97 Å². The fourth-order valence-corrected chi connectivity index (χ4v) is 1.80. The first-order chi connectivity index (χ1) is 8.13. The highest BCUT2D eigenvalue weighted by Gasteiger charge is 2.17. The summed E-state index contributed by atoms with van der Waals surface area (Å²) < 4.78 is 4.94. The molecule has 1 rings (SSSR count). The quantitative estimate of drug-likeness (QED) is 0.740. The summed E-state index contributed by atoms with van der Waals surface area (Å²) in [6.45, 7) is 2.65. The molecule has 0 fully saturated rings. The van der Waals surface area contributed by atoms with Gasteiger partial charge in [0.1, 0.15) is 0 Å². The van der Waals surface area contributed by atoms with Crippen LogP contribution in [0.3, 0.4) is 0 Å². The van der Waals surface area contributed by atoms with Crippen LogP contribution in [0.5, 0.6) is 0 Å². The second-order valence-corrected chi connectivity index (χ2v) is 4.36. The van der Waals surface area contributed by atoms with Crippen LogP contribution in [0, 0.1) is 12.8 Å². The van der Waals surface area contributed by atoms with Gasteiger partial charge >= 0.3 is 5.97 Å². The van der Waals surface area contributed by atoms with Crippen molar-refractivity contribution in [3.05, 3.63) is 35.4 Å². The predicted molar refractivity (Wildman–Crippen MR) is 67.1 cm³/mol. The molecule has 0 aromatic heterocycles. The van der Waals surface area contributed by atoms with Crippen molar-refractivity contribution in [2.24, 2.45) is 5.92 Å². The molecule has 1 N–H and O–H groups in total. The minimum Gasteiger partial charge on any atom is -0.481 e. The molecule has 1 aromatic rings. The standard InChI is InChI=1S/C14H20O3/c1-11-5-7-12(8-6-11)10-13(14(15)16)4-3-9-17-2/h5-8,13H,3-4,9-10H2,1-2H3,(H,15,16). The average Bonchev–Trinajstić information content (AvgIpc) is 2.30. The third-order valence-electron chi connectivity index (χ3n) is 2.85. The van der Waals surface area contributed by atoms with Gasteiger partial charge in [-0.1, -0.05) is 29.8 Å². The number of aryl methyl sites for hydroxylation is 1. The molecule has 1 unspecified atom stereocenters. The molecule has 0 aliphatic carbocycles. The first-order valence-corrected chi connectivity index (χ1v) is 5.90. The zero-order chi connectivity index (χ0) is 12.7. The van der Waals surface area contributed by atoms with E-state index in [2.05, 4.69) is 0 Å². The summed E-state index contributed by atoms with van der Waals surface area (Å²) in [4.78, 5) is 11.1. The SMILES string of the molecule is COCCCC(Cc1ccc(C)cc1)C(=O)O. The maximum absolute atomic E-state index is 11.1. The molecule has 3 heteroatoms. The highest BCUT2D eigenvalue weighted by molar-refractivity contribution is 5.70. The van der Waals surface area contributed by atoms with E-state index in [-0.39, 0.29) is 5.92 Å². The fourth-order valence-electron chi connectivity index (χ4n) is 1.80. The van der Waals surface area contributed by atoms with E-state index in [1.807, 2.05) is 31.2 Å². The van der Waals surface area contributed by atoms with Crippen molar-refractivity contribution in [1.29, 1.82) is 0 Å². The summed E-state index contributed by atoms with van der Waals surface area (Å²) in [7, 11) is 1.63. The Labute approximate surface area is 102 Å². The van der Waals surface area contributed by atoms with E-state index in [4.69, 9.17) is 9.84 Å². The van der Waals surface area contributed by atoms with E-state index in [9.17, 15) is 4.79 Å². The lowest BCUT2D eigenvalue weighted by Crippen LogP contribution is -2.17. The molecule has 0 aliphatic heterocycles. The van der Waals surface area contributed by atoms with Gasteiger partial charge in [-0.2, -0.15) is 0 Å². The number of aliphatic carboxylic acids is 1. The van der Waals surface area contributed by atoms with Crippen molar-refractivity contribution in [2.45, 2.75) is 26.2 Å². The number of carboxylic acid groups (broad SMARTS) is 1. The summed E-state index contributed by atoms with van der Waals surface area (Å²) in [5, 5.41) is 9.15. The van der Waals surface area contributed by atoms with E-state index in [0.29, 0.717) is 19.4 Å². The monoisotopic (exact) mass is 236 g/mol. The molecule has 0 amide bonds. The van der Waals surface area contributed by atoms with Crippen LogP contribution in [-0.2, 0) is 16.0 Å². The topological polar surface area (TPSA) is 46.5 Å². The van der Waals surface area contributed by atoms with Gasteiger partial charge in [-0.3, -0.25) is 4.79 Å². The first-order valence-electron chi connectivity index (χ1n) is 5.90. The third-order valence-corrected chi connectivity index (χ3v) is 2.85. The summed E-state index contributed by atoms with van der Waals surface area (Å²) in [6.07, 6.45) is 2.05. The lowest BCUT2D eigenvalue weighted by Gasteiger charge is -2.12. The number of benzene rings is 1. The average molecular weight is 236 g/mol. The van der Waals surface area contributed by atoms with Gasteiger partial charge in [-0.05, 0) is 31.7 Å². The highest BCUT2D eigenvalue weighted by atomic mass is 16.5. The number of methoxy groups -OCH3 is 1. The number of ether oxygens (including phenoxy) is 1. The van der Waals surface area contributed by atoms with Crippen molar-refractivity contribution in [3.8, 4) is 0 Å². The van der Waals surface area contributed by atoms with Gasteiger partial charge in [-0.15, -0.1) is 0 Å². The molecule has 0 heterocycles. The summed E-state index contributed by atoms with van der Waals surface area (Å²) in [6, 6.07) is 8.04. The molecule has 94 valence electrons. The van der Waals surface area contributed by atoms with Crippen LogP contribution in [0.2, 0.25) is 0 Å². The predicted octanol–water partition coefficient (Wildman–Crippen LogP) is 2.66. The largest absolute Gasteiger partial charge is 0.481 e. The Bertz CT molecular complexity index is 343. The first kappa shape index (κ1) is 13.7. The highest BCUT2D eigenvalue weighted by Crippen LogP contribution is 2.15. The van der Waals surface area contributed by atoms with E-state index < -0.39 is 5.97 Å². The molecule has 1 aromatic carbocycles. The zero-order valence-corrected chi connectivity index (χ0v) is 10.5. The van der Waals surface area contributed by atoms with Crippen LogP contribution in [-0.4, -0.2) is 24.8 Å². The molecular formula is C14H20O3. The van der Waals surface area contributed by atoms with Crippen molar-refractivity contribution in [3.63, 3.8) is 0 Å². The van der Waals surface area contributed by atoms with E-state index in [1.165, 1.54) is 5.56 Å². The van der Waals surface area contributed by atoms with E-state index in [0.717, 1.165) is 12.0 Å². The van der Waals surface area contributed by atoms with Crippen molar-refractivity contribution < 1.29 is 14.6 Å².